The SMILES string of the molecule is CCC[n+]1cc(Br)cc(C(=O)N(CCC(=O)NCCNS(=O)(=O)c2cccc3ccccc23)c2ccccc2)c1. The van der Waals surface area contributed by atoms with Crippen LogP contribution in [0, 0.1) is 0 Å². The number of nitrogens with one attached hydrogen (secondary N) is 2. The molecule has 0 aliphatic heterocycles. The van der Waals surface area contributed by atoms with E-state index >= 15 is 0 Å². The van der Waals surface area contributed by atoms with Crippen LogP contribution < -0.4 is 19.5 Å². The van der Waals surface area contributed by atoms with Crippen molar-refractivity contribution in [1.82, 2.24) is 10.0 Å². The van der Waals surface area contributed by atoms with Crippen molar-refractivity contribution in [3.05, 3.63) is 101 Å². The minimum absolute atomic E-state index is 0.0358. The highest BCUT2D eigenvalue weighted by atomic mass is 79.9. The number of anilines is 1. The lowest BCUT2D eigenvalue weighted by molar-refractivity contribution is -0.697. The Morgan fingerprint density at radius 2 is 1.65 bits per heavy atom. The first-order chi connectivity index (χ1) is 19.3. The molecule has 4 rings (SSSR count). The third kappa shape index (κ3) is 7.53. The fraction of sp³-hybridized carbons (Fsp3) is 0.233. The maximum atomic E-state index is 13.5. The van der Waals surface area contributed by atoms with E-state index in [2.05, 4.69) is 32.9 Å². The first kappa shape index (κ1) is 29.4. The summed E-state index contributed by atoms with van der Waals surface area (Å²) in [5.41, 5.74) is 1.19. The van der Waals surface area contributed by atoms with Gasteiger partial charge in [0.05, 0.1) is 9.37 Å². The first-order valence-corrected chi connectivity index (χ1v) is 15.4. The number of pyridine rings is 1. The predicted octanol–water partition coefficient (Wildman–Crippen LogP) is 4.43. The van der Waals surface area contributed by atoms with Crippen molar-refractivity contribution in [2.75, 3.05) is 24.5 Å². The highest BCUT2D eigenvalue weighted by molar-refractivity contribution is 9.10. The molecular weight excluding hydrogens is 592 g/mol. The highest BCUT2D eigenvalue weighted by Crippen LogP contribution is 2.22. The Kier molecular flexibility index (Phi) is 10.0. The van der Waals surface area contributed by atoms with Gasteiger partial charge in [-0.15, -0.1) is 0 Å². The number of sulfonamides is 1. The van der Waals surface area contributed by atoms with E-state index in [9.17, 15) is 18.0 Å². The highest BCUT2D eigenvalue weighted by Gasteiger charge is 2.22. The zero-order chi connectivity index (χ0) is 28.5. The number of hydrogen-bond acceptors (Lipinski definition) is 4. The minimum Gasteiger partial charge on any atom is -0.355 e. The number of aromatic nitrogens is 1. The number of carbonyl (C=O) groups excluding carboxylic acids is 2. The molecule has 8 nitrogen and oxygen atoms in total. The standard InChI is InChI=1S/C30H31BrN4O4S/c1-2-18-34-21-24(20-25(31)22-34)30(37)35(26-11-4-3-5-12-26)19-15-29(36)32-16-17-33-40(38,39)28-14-8-10-23-9-6-7-13-27(23)28/h3-14,20-22,33H,2,15-19H2,1H3/p+1. The van der Waals surface area contributed by atoms with Gasteiger partial charge in [0, 0.05) is 43.5 Å². The van der Waals surface area contributed by atoms with Gasteiger partial charge in [-0.3, -0.25) is 9.59 Å². The summed E-state index contributed by atoms with van der Waals surface area (Å²) in [6, 6.07) is 23.4. The number of rotatable bonds is 12. The smallest absolute Gasteiger partial charge is 0.264 e. The summed E-state index contributed by atoms with van der Waals surface area (Å²) in [4.78, 5) is 28.0. The fourth-order valence-electron chi connectivity index (χ4n) is 4.41. The zero-order valence-corrected chi connectivity index (χ0v) is 24.6. The molecule has 0 fully saturated rings. The van der Waals surface area contributed by atoms with Crippen LogP contribution in [0.15, 0.2) is 101 Å². The van der Waals surface area contributed by atoms with Crippen LogP contribution in [0.2, 0.25) is 0 Å². The van der Waals surface area contributed by atoms with Crippen molar-refractivity contribution in [3.63, 3.8) is 0 Å². The third-order valence-electron chi connectivity index (χ3n) is 6.27. The second-order valence-electron chi connectivity index (χ2n) is 9.25. The molecule has 0 saturated carbocycles. The van der Waals surface area contributed by atoms with Crippen molar-refractivity contribution in [2.24, 2.45) is 0 Å². The molecule has 0 aliphatic rings. The number of hydrogen-bond donors (Lipinski definition) is 2. The molecule has 2 N–H and O–H groups in total. The topological polar surface area (TPSA) is 99.5 Å². The Bertz CT molecular complexity index is 1590. The monoisotopic (exact) mass is 623 g/mol. The molecule has 40 heavy (non-hydrogen) atoms. The van der Waals surface area contributed by atoms with E-state index in [1.54, 1.807) is 35.2 Å². The molecule has 10 heteroatoms. The van der Waals surface area contributed by atoms with E-state index in [1.165, 1.54) is 0 Å². The molecular formula is C30H32BrN4O4S+. The maximum Gasteiger partial charge on any atom is 0.264 e. The van der Waals surface area contributed by atoms with Crippen molar-refractivity contribution in [3.8, 4) is 0 Å². The van der Waals surface area contributed by atoms with Crippen LogP contribution in [0.3, 0.4) is 0 Å². The Labute approximate surface area is 243 Å². The number of amides is 2. The van der Waals surface area contributed by atoms with E-state index in [-0.39, 0.29) is 42.8 Å². The van der Waals surface area contributed by atoms with E-state index in [1.807, 2.05) is 65.5 Å². The molecule has 2 amide bonds. The molecule has 3 aromatic carbocycles. The van der Waals surface area contributed by atoms with Crippen molar-refractivity contribution >= 4 is 54.2 Å². The Morgan fingerprint density at radius 3 is 2.42 bits per heavy atom. The lowest BCUT2D eigenvalue weighted by Gasteiger charge is -2.22. The van der Waals surface area contributed by atoms with Crippen LogP contribution in [0.1, 0.15) is 30.1 Å². The van der Waals surface area contributed by atoms with Crippen LogP contribution in [0.4, 0.5) is 5.69 Å². The van der Waals surface area contributed by atoms with Gasteiger partial charge in [0.2, 0.25) is 15.9 Å². The number of halogens is 1. The molecule has 4 aromatic rings. The summed E-state index contributed by atoms with van der Waals surface area (Å²) in [5, 5.41) is 4.22. The van der Waals surface area contributed by atoms with Crippen LogP contribution >= 0.6 is 15.9 Å². The van der Waals surface area contributed by atoms with Crippen LogP contribution in [0.5, 0.6) is 0 Å². The molecule has 1 aromatic heterocycles. The maximum absolute atomic E-state index is 13.5. The Morgan fingerprint density at radius 1 is 0.925 bits per heavy atom. The number of aryl methyl sites for hydroxylation is 1. The molecule has 208 valence electrons. The molecule has 0 saturated heterocycles. The second kappa shape index (κ2) is 13.6. The molecule has 0 aliphatic carbocycles. The van der Waals surface area contributed by atoms with Gasteiger partial charge in [-0.25, -0.2) is 17.7 Å². The van der Waals surface area contributed by atoms with E-state index < -0.39 is 10.0 Å². The second-order valence-corrected chi connectivity index (χ2v) is 11.9. The van der Waals surface area contributed by atoms with Gasteiger partial charge in [-0.2, -0.15) is 0 Å². The average Bonchev–Trinajstić information content (AvgIpc) is 2.95. The average molecular weight is 625 g/mol. The number of nitrogens with zero attached hydrogens (tertiary/aromatic N) is 2. The van der Waals surface area contributed by atoms with Gasteiger partial charge in [0.1, 0.15) is 12.1 Å². The molecule has 1 heterocycles. The van der Waals surface area contributed by atoms with Crippen molar-refractivity contribution < 1.29 is 22.6 Å². The van der Waals surface area contributed by atoms with Crippen LogP contribution in [-0.2, 0) is 21.4 Å². The molecule has 0 spiro atoms. The summed E-state index contributed by atoms with van der Waals surface area (Å²) < 4.78 is 31.1. The van der Waals surface area contributed by atoms with Crippen molar-refractivity contribution in [1.29, 1.82) is 0 Å². The van der Waals surface area contributed by atoms with Gasteiger partial charge in [-0.05, 0) is 45.6 Å². The van der Waals surface area contributed by atoms with E-state index in [4.69, 9.17) is 0 Å². The summed E-state index contributed by atoms with van der Waals surface area (Å²) in [5.74, 6) is -0.499. The summed E-state index contributed by atoms with van der Waals surface area (Å²) in [6.07, 6.45) is 4.72. The molecule has 0 bridgehead atoms. The minimum atomic E-state index is -3.76. The van der Waals surface area contributed by atoms with Gasteiger partial charge >= 0.3 is 0 Å². The fourth-order valence-corrected chi connectivity index (χ4v) is 6.18. The largest absolute Gasteiger partial charge is 0.355 e. The molecule has 0 radical (unpaired) electrons. The van der Waals surface area contributed by atoms with Crippen LogP contribution in [-0.4, -0.2) is 39.9 Å². The summed E-state index contributed by atoms with van der Waals surface area (Å²) >= 11 is 3.49. The third-order valence-corrected chi connectivity index (χ3v) is 8.22. The van der Waals surface area contributed by atoms with Gasteiger partial charge in [-0.1, -0.05) is 61.5 Å². The lowest BCUT2D eigenvalue weighted by Crippen LogP contribution is -2.39. The van der Waals surface area contributed by atoms with Gasteiger partial charge < -0.3 is 10.2 Å². The zero-order valence-electron chi connectivity index (χ0n) is 22.2. The van der Waals surface area contributed by atoms with Gasteiger partial charge in [0.25, 0.3) is 5.91 Å². The van der Waals surface area contributed by atoms with E-state index in [0.717, 1.165) is 22.8 Å². The Hall–Kier alpha value is -3.60. The number of fused-ring (bicyclic) bond motifs is 1. The normalized spacial score (nSPS) is 11.3. The quantitative estimate of drug-likeness (QED) is 0.180. The number of benzene rings is 3. The number of para-hydroxylation sites is 1. The molecule has 0 atom stereocenters. The van der Waals surface area contributed by atoms with Crippen LogP contribution in [0.25, 0.3) is 10.8 Å². The van der Waals surface area contributed by atoms with Gasteiger partial charge in [0.15, 0.2) is 12.4 Å². The summed E-state index contributed by atoms with van der Waals surface area (Å²) in [6.45, 7) is 3.16. The first-order valence-electron chi connectivity index (χ1n) is 13.1. The van der Waals surface area contributed by atoms with Crippen molar-refractivity contribution in [2.45, 2.75) is 31.2 Å². The predicted molar refractivity (Wildman–Crippen MR) is 160 cm³/mol. The molecule has 0 unspecified atom stereocenters. The van der Waals surface area contributed by atoms with E-state index in [0.29, 0.717) is 16.6 Å². The lowest BCUT2D eigenvalue weighted by atomic mass is 10.1. The summed E-state index contributed by atoms with van der Waals surface area (Å²) in [7, 11) is -3.76. The number of carbonyl (C=O) groups is 2. The Balaban J connectivity index is 1.36.